The van der Waals surface area contributed by atoms with E-state index in [0.29, 0.717) is 12.5 Å². The Labute approximate surface area is 85.1 Å². The van der Waals surface area contributed by atoms with Crippen molar-refractivity contribution in [3.8, 4) is 0 Å². The van der Waals surface area contributed by atoms with Gasteiger partial charge in [-0.05, 0) is 25.2 Å². The van der Waals surface area contributed by atoms with Crippen LogP contribution in [0, 0.1) is 5.92 Å². The van der Waals surface area contributed by atoms with Gasteiger partial charge in [0.25, 0.3) is 0 Å². The van der Waals surface area contributed by atoms with E-state index in [1.165, 1.54) is 0 Å². The summed E-state index contributed by atoms with van der Waals surface area (Å²) in [5, 5.41) is 0. The molecule has 0 radical (unpaired) electrons. The molecule has 1 fully saturated rings. The summed E-state index contributed by atoms with van der Waals surface area (Å²) >= 11 is 0. The lowest BCUT2D eigenvalue weighted by atomic mass is 10.00. The molecule has 1 heterocycles. The van der Waals surface area contributed by atoms with Crippen molar-refractivity contribution in [3.05, 3.63) is 12.2 Å². The summed E-state index contributed by atoms with van der Waals surface area (Å²) in [6.07, 6.45) is 6.39. The SMILES string of the molecule is CCCOC(=O)C=CC1CCOCC1. The number of hydrogen-bond acceptors (Lipinski definition) is 3. The molecular weight excluding hydrogens is 180 g/mol. The van der Waals surface area contributed by atoms with Crippen LogP contribution in [0.4, 0.5) is 0 Å². The van der Waals surface area contributed by atoms with Gasteiger partial charge in [0.05, 0.1) is 6.61 Å². The standard InChI is InChI=1S/C11H18O3/c1-2-7-14-11(12)4-3-10-5-8-13-9-6-10/h3-4,10H,2,5-9H2,1H3. The van der Waals surface area contributed by atoms with Gasteiger partial charge in [-0.25, -0.2) is 4.79 Å². The maximum Gasteiger partial charge on any atom is 0.330 e. The Morgan fingerprint density at radius 3 is 2.86 bits per heavy atom. The van der Waals surface area contributed by atoms with Gasteiger partial charge in [0, 0.05) is 19.3 Å². The van der Waals surface area contributed by atoms with Gasteiger partial charge >= 0.3 is 5.97 Å². The Hall–Kier alpha value is -0.830. The van der Waals surface area contributed by atoms with Crippen LogP contribution in [0.5, 0.6) is 0 Å². The summed E-state index contributed by atoms with van der Waals surface area (Å²) in [6.45, 7) is 4.10. The summed E-state index contributed by atoms with van der Waals surface area (Å²) in [5.74, 6) is 0.260. The molecule has 0 aliphatic carbocycles. The normalized spacial score (nSPS) is 18.6. The fourth-order valence-corrected chi connectivity index (χ4v) is 1.37. The van der Waals surface area contributed by atoms with Gasteiger partial charge in [-0.2, -0.15) is 0 Å². The minimum absolute atomic E-state index is 0.224. The van der Waals surface area contributed by atoms with Crippen molar-refractivity contribution in [2.75, 3.05) is 19.8 Å². The lowest BCUT2D eigenvalue weighted by Gasteiger charge is -2.18. The van der Waals surface area contributed by atoms with Gasteiger partial charge in [-0.1, -0.05) is 13.0 Å². The molecule has 0 spiro atoms. The molecule has 0 unspecified atom stereocenters. The molecule has 0 N–H and O–H groups in total. The van der Waals surface area contributed by atoms with E-state index >= 15 is 0 Å². The van der Waals surface area contributed by atoms with Crippen LogP contribution >= 0.6 is 0 Å². The average molecular weight is 198 g/mol. The molecule has 3 nitrogen and oxygen atoms in total. The summed E-state index contributed by atoms with van der Waals surface area (Å²) in [6, 6.07) is 0. The second-order valence-corrected chi connectivity index (χ2v) is 3.48. The van der Waals surface area contributed by atoms with Gasteiger partial charge < -0.3 is 9.47 Å². The Balaban J connectivity index is 2.20. The van der Waals surface area contributed by atoms with Crippen molar-refractivity contribution in [1.82, 2.24) is 0 Å². The van der Waals surface area contributed by atoms with Gasteiger partial charge in [0.15, 0.2) is 0 Å². The zero-order valence-corrected chi connectivity index (χ0v) is 8.70. The highest BCUT2D eigenvalue weighted by Crippen LogP contribution is 2.15. The van der Waals surface area contributed by atoms with Crippen molar-refractivity contribution in [2.45, 2.75) is 26.2 Å². The minimum Gasteiger partial charge on any atom is -0.463 e. The largest absolute Gasteiger partial charge is 0.463 e. The van der Waals surface area contributed by atoms with E-state index in [-0.39, 0.29) is 5.97 Å². The fraction of sp³-hybridized carbons (Fsp3) is 0.727. The number of carbonyl (C=O) groups is 1. The zero-order valence-electron chi connectivity index (χ0n) is 8.70. The molecule has 1 aliphatic heterocycles. The predicted molar refractivity (Wildman–Crippen MR) is 53.9 cm³/mol. The second kappa shape index (κ2) is 6.60. The monoisotopic (exact) mass is 198 g/mol. The van der Waals surface area contributed by atoms with E-state index in [0.717, 1.165) is 32.5 Å². The van der Waals surface area contributed by atoms with Gasteiger partial charge in [-0.3, -0.25) is 0 Å². The second-order valence-electron chi connectivity index (χ2n) is 3.48. The van der Waals surface area contributed by atoms with E-state index in [1.54, 1.807) is 6.08 Å². The topological polar surface area (TPSA) is 35.5 Å². The van der Waals surface area contributed by atoms with Crippen molar-refractivity contribution in [2.24, 2.45) is 5.92 Å². The molecule has 0 bridgehead atoms. The predicted octanol–water partition coefficient (Wildman–Crippen LogP) is 1.92. The van der Waals surface area contributed by atoms with Crippen LogP contribution in [0.25, 0.3) is 0 Å². The third-order valence-electron chi connectivity index (χ3n) is 2.22. The van der Waals surface area contributed by atoms with Crippen molar-refractivity contribution in [3.63, 3.8) is 0 Å². The Bertz CT molecular complexity index is 193. The number of rotatable bonds is 4. The maximum atomic E-state index is 11.1. The van der Waals surface area contributed by atoms with Crippen molar-refractivity contribution >= 4 is 5.97 Å². The van der Waals surface area contributed by atoms with Crippen LogP contribution in [0.3, 0.4) is 0 Å². The van der Waals surface area contributed by atoms with Crippen LogP contribution in [-0.2, 0) is 14.3 Å². The molecule has 0 aromatic carbocycles. The smallest absolute Gasteiger partial charge is 0.330 e. The number of ether oxygens (including phenoxy) is 2. The highest BCUT2D eigenvalue weighted by Gasteiger charge is 2.10. The van der Waals surface area contributed by atoms with Crippen LogP contribution in [0.2, 0.25) is 0 Å². The lowest BCUT2D eigenvalue weighted by Crippen LogP contribution is -2.14. The first-order chi connectivity index (χ1) is 6.83. The van der Waals surface area contributed by atoms with Gasteiger partial charge in [0.2, 0.25) is 0 Å². The van der Waals surface area contributed by atoms with Crippen molar-refractivity contribution < 1.29 is 14.3 Å². The third kappa shape index (κ3) is 4.42. The van der Waals surface area contributed by atoms with E-state index in [2.05, 4.69) is 0 Å². The first kappa shape index (κ1) is 11.2. The summed E-state index contributed by atoms with van der Waals surface area (Å²) in [4.78, 5) is 11.1. The van der Waals surface area contributed by atoms with Gasteiger partial charge in [-0.15, -0.1) is 0 Å². The quantitative estimate of drug-likeness (QED) is 0.511. The van der Waals surface area contributed by atoms with E-state index in [4.69, 9.17) is 9.47 Å². The Morgan fingerprint density at radius 2 is 2.21 bits per heavy atom. The third-order valence-corrected chi connectivity index (χ3v) is 2.22. The van der Waals surface area contributed by atoms with E-state index in [1.807, 2.05) is 13.0 Å². The van der Waals surface area contributed by atoms with Crippen LogP contribution < -0.4 is 0 Å². The molecule has 1 saturated heterocycles. The van der Waals surface area contributed by atoms with Crippen LogP contribution in [0.1, 0.15) is 26.2 Å². The van der Waals surface area contributed by atoms with Crippen molar-refractivity contribution in [1.29, 1.82) is 0 Å². The van der Waals surface area contributed by atoms with Crippen LogP contribution in [-0.4, -0.2) is 25.8 Å². The van der Waals surface area contributed by atoms with Crippen LogP contribution in [0.15, 0.2) is 12.2 Å². The summed E-state index contributed by atoms with van der Waals surface area (Å²) < 4.78 is 10.1. The number of esters is 1. The zero-order chi connectivity index (χ0) is 10.2. The van der Waals surface area contributed by atoms with Gasteiger partial charge in [0.1, 0.15) is 0 Å². The molecule has 3 heteroatoms. The lowest BCUT2D eigenvalue weighted by molar-refractivity contribution is -0.137. The van der Waals surface area contributed by atoms with E-state index < -0.39 is 0 Å². The first-order valence-corrected chi connectivity index (χ1v) is 5.25. The summed E-state index contributed by atoms with van der Waals surface area (Å²) in [5.41, 5.74) is 0. The Morgan fingerprint density at radius 1 is 1.50 bits per heavy atom. The molecule has 0 amide bonds. The average Bonchev–Trinajstić information content (AvgIpc) is 2.25. The summed E-state index contributed by atoms with van der Waals surface area (Å²) in [7, 11) is 0. The fourth-order valence-electron chi connectivity index (χ4n) is 1.37. The molecule has 14 heavy (non-hydrogen) atoms. The molecular formula is C11H18O3. The molecule has 0 saturated carbocycles. The number of hydrogen-bond donors (Lipinski definition) is 0. The molecule has 0 aromatic heterocycles. The molecule has 0 atom stereocenters. The minimum atomic E-state index is -0.224. The molecule has 1 aliphatic rings. The van der Waals surface area contributed by atoms with E-state index in [9.17, 15) is 4.79 Å². The highest BCUT2D eigenvalue weighted by atomic mass is 16.5. The number of carbonyl (C=O) groups excluding carboxylic acids is 1. The Kier molecular flexibility index (Phi) is 5.30. The first-order valence-electron chi connectivity index (χ1n) is 5.25. The maximum absolute atomic E-state index is 11.1. The number of allylic oxidation sites excluding steroid dienone is 1. The molecule has 0 aromatic rings. The highest BCUT2D eigenvalue weighted by molar-refractivity contribution is 5.81. The molecule has 80 valence electrons. The molecule has 1 rings (SSSR count).